The van der Waals surface area contributed by atoms with E-state index in [4.69, 9.17) is 9.84 Å². The van der Waals surface area contributed by atoms with Crippen molar-refractivity contribution in [1.82, 2.24) is 9.78 Å². The number of aromatic nitrogens is 2. The van der Waals surface area contributed by atoms with Crippen LogP contribution >= 0.6 is 0 Å². The Balaban J connectivity index is 1.66. The molecule has 0 bridgehead atoms. The quantitative estimate of drug-likeness (QED) is 0.273. The smallest absolute Gasteiger partial charge is 0.407 e. The number of rotatable bonds is 6. The molecule has 4 rings (SSSR count). The van der Waals surface area contributed by atoms with Crippen LogP contribution in [0.2, 0.25) is 0 Å². The van der Waals surface area contributed by atoms with Crippen LogP contribution in [0, 0.1) is 6.92 Å². The Bertz CT molecular complexity index is 1450. The Hall–Kier alpha value is -4.40. The number of nitrogens with one attached hydrogen (secondary N) is 1. The number of carbonyl (C=O) groups is 2. The molecule has 0 radical (unpaired) electrons. The molecule has 0 saturated carbocycles. The number of ether oxygens (including phenoxy) is 1. The van der Waals surface area contributed by atoms with Crippen molar-refractivity contribution in [2.75, 3.05) is 5.32 Å². The fourth-order valence-corrected chi connectivity index (χ4v) is 3.92. The molecular weight excluding hydrogens is 495 g/mol. The highest BCUT2D eigenvalue weighted by Crippen LogP contribution is 2.39. The van der Waals surface area contributed by atoms with E-state index in [9.17, 15) is 22.8 Å². The van der Waals surface area contributed by atoms with Gasteiger partial charge in [-0.3, -0.25) is 9.59 Å². The zero-order valence-electron chi connectivity index (χ0n) is 21.3. The fourth-order valence-electron chi connectivity index (χ4n) is 3.92. The number of halogens is 3. The molecule has 1 aromatic heterocycles. The van der Waals surface area contributed by atoms with Crippen LogP contribution < -0.4 is 10.1 Å². The van der Waals surface area contributed by atoms with Crippen LogP contribution in [0.4, 0.5) is 18.9 Å². The van der Waals surface area contributed by atoms with Gasteiger partial charge in [0.15, 0.2) is 0 Å². The molecule has 38 heavy (non-hydrogen) atoms. The summed E-state index contributed by atoms with van der Waals surface area (Å²) in [7, 11) is 0. The first-order chi connectivity index (χ1) is 17.9. The summed E-state index contributed by atoms with van der Waals surface area (Å²) in [5, 5.41) is 7.45. The summed E-state index contributed by atoms with van der Waals surface area (Å²) in [4.78, 5) is 24.6. The van der Waals surface area contributed by atoms with Crippen molar-refractivity contribution in [3.05, 3.63) is 95.2 Å². The van der Waals surface area contributed by atoms with Crippen LogP contribution in [-0.4, -0.2) is 21.7 Å². The Morgan fingerprint density at radius 1 is 0.921 bits per heavy atom. The molecule has 6 nitrogen and oxygen atoms in total. The van der Waals surface area contributed by atoms with Crippen molar-refractivity contribution in [2.45, 2.75) is 39.8 Å². The SMILES string of the molecule is CC(=O)Oc1c(-c2ccc(NC(=O)c3ccc(C(F)(F)F)cc3)cc2)c(C(C)C)nn1-c1ccc(C)cc1. The van der Waals surface area contributed by atoms with Crippen LogP contribution in [0.1, 0.15) is 53.9 Å². The van der Waals surface area contributed by atoms with E-state index >= 15 is 0 Å². The van der Waals surface area contributed by atoms with E-state index < -0.39 is 23.6 Å². The summed E-state index contributed by atoms with van der Waals surface area (Å²) in [6, 6.07) is 18.5. The molecular formula is C29H26F3N3O3. The molecule has 4 aromatic rings. The van der Waals surface area contributed by atoms with Crippen molar-refractivity contribution in [3.8, 4) is 22.7 Å². The Morgan fingerprint density at radius 3 is 2.05 bits per heavy atom. The maximum absolute atomic E-state index is 12.8. The van der Waals surface area contributed by atoms with Gasteiger partial charge in [-0.25, -0.2) is 0 Å². The van der Waals surface area contributed by atoms with E-state index in [2.05, 4.69) is 5.32 Å². The largest absolute Gasteiger partial charge is 0.416 e. The molecule has 0 aliphatic rings. The summed E-state index contributed by atoms with van der Waals surface area (Å²) in [5.41, 5.74) is 3.63. The van der Waals surface area contributed by atoms with Crippen molar-refractivity contribution >= 4 is 17.6 Å². The second-order valence-electron chi connectivity index (χ2n) is 9.17. The van der Waals surface area contributed by atoms with Gasteiger partial charge in [-0.2, -0.15) is 23.0 Å². The first-order valence-corrected chi connectivity index (χ1v) is 11.9. The van der Waals surface area contributed by atoms with Gasteiger partial charge in [0.1, 0.15) is 0 Å². The van der Waals surface area contributed by atoms with Gasteiger partial charge in [0.25, 0.3) is 5.91 Å². The minimum atomic E-state index is -4.47. The number of alkyl halides is 3. The zero-order chi connectivity index (χ0) is 27.6. The van der Waals surface area contributed by atoms with Crippen molar-refractivity contribution in [3.63, 3.8) is 0 Å². The molecule has 1 heterocycles. The number of benzene rings is 3. The molecule has 0 spiro atoms. The minimum Gasteiger partial charge on any atom is -0.407 e. The first kappa shape index (κ1) is 26.7. The van der Waals surface area contributed by atoms with Crippen LogP contribution in [0.15, 0.2) is 72.8 Å². The van der Waals surface area contributed by atoms with Gasteiger partial charge in [0, 0.05) is 18.2 Å². The number of hydrogen-bond donors (Lipinski definition) is 1. The third-order valence-electron chi connectivity index (χ3n) is 5.84. The van der Waals surface area contributed by atoms with Gasteiger partial charge >= 0.3 is 12.1 Å². The lowest BCUT2D eigenvalue weighted by molar-refractivity contribution is -0.137. The molecule has 0 unspecified atom stereocenters. The van der Waals surface area contributed by atoms with Crippen LogP contribution in [0.25, 0.3) is 16.8 Å². The summed E-state index contributed by atoms with van der Waals surface area (Å²) < 4.78 is 45.7. The van der Waals surface area contributed by atoms with Gasteiger partial charge in [-0.05, 0) is 66.9 Å². The van der Waals surface area contributed by atoms with Gasteiger partial charge in [-0.1, -0.05) is 43.7 Å². The average Bonchev–Trinajstić information content (AvgIpc) is 3.23. The number of aryl methyl sites for hydroxylation is 1. The number of anilines is 1. The summed E-state index contributed by atoms with van der Waals surface area (Å²) in [6.45, 7) is 7.27. The van der Waals surface area contributed by atoms with Crippen molar-refractivity contribution in [2.24, 2.45) is 0 Å². The highest BCUT2D eigenvalue weighted by molar-refractivity contribution is 6.04. The average molecular weight is 522 g/mol. The van der Waals surface area contributed by atoms with E-state index in [1.807, 2.05) is 45.0 Å². The topological polar surface area (TPSA) is 73.2 Å². The fraction of sp³-hybridized carbons (Fsp3) is 0.207. The van der Waals surface area contributed by atoms with Crippen LogP contribution in [0.5, 0.6) is 5.88 Å². The highest BCUT2D eigenvalue weighted by Gasteiger charge is 2.30. The minimum absolute atomic E-state index is 0.00468. The third kappa shape index (κ3) is 5.77. The second-order valence-corrected chi connectivity index (χ2v) is 9.17. The summed E-state index contributed by atoms with van der Waals surface area (Å²) in [6.07, 6.45) is -4.47. The summed E-state index contributed by atoms with van der Waals surface area (Å²) >= 11 is 0. The molecule has 0 atom stereocenters. The van der Waals surface area contributed by atoms with Gasteiger partial charge in [0.05, 0.1) is 22.5 Å². The molecule has 0 saturated heterocycles. The number of amides is 1. The monoisotopic (exact) mass is 521 g/mol. The maximum atomic E-state index is 12.8. The van der Waals surface area contributed by atoms with E-state index in [0.29, 0.717) is 11.3 Å². The Labute approximate surface area is 218 Å². The molecule has 0 aliphatic heterocycles. The highest BCUT2D eigenvalue weighted by atomic mass is 19.4. The lowest BCUT2D eigenvalue weighted by Crippen LogP contribution is -2.12. The van der Waals surface area contributed by atoms with Crippen LogP contribution in [-0.2, 0) is 11.0 Å². The van der Waals surface area contributed by atoms with Crippen molar-refractivity contribution < 1.29 is 27.5 Å². The Kier molecular flexibility index (Phi) is 7.39. The van der Waals surface area contributed by atoms with Crippen molar-refractivity contribution in [1.29, 1.82) is 0 Å². The van der Waals surface area contributed by atoms with Gasteiger partial charge in [-0.15, -0.1) is 0 Å². The second kappa shape index (κ2) is 10.5. The molecule has 1 amide bonds. The third-order valence-corrected chi connectivity index (χ3v) is 5.84. The lowest BCUT2D eigenvalue weighted by atomic mass is 9.99. The van der Waals surface area contributed by atoms with Gasteiger partial charge in [0.2, 0.25) is 5.88 Å². The van der Waals surface area contributed by atoms with E-state index in [1.165, 1.54) is 6.92 Å². The molecule has 0 aliphatic carbocycles. The molecule has 0 fully saturated rings. The van der Waals surface area contributed by atoms with Gasteiger partial charge < -0.3 is 10.1 Å². The van der Waals surface area contributed by atoms with E-state index in [-0.39, 0.29) is 17.4 Å². The van der Waals surface area contributed by atoms with E-state index in [1.54, 1.807) is 28.9 Å². The number of esters is 1. The van der Waals surface area contributed by atoms with E-state index in [0.717, 1.165) is 46.8 Å². The zero-order valence-corrected chi connectivity index (χ0v) is 21.3. The predicted octanol–water partition coefficient (Wildman–Crippen LogP) is 7.17. The number of nitrogens with zero attached hydrogens (tertiary/aromatic N) is 2. The first-order valence-electron chi connectivity index (χ1n) is 11.9. The molecule has 3 aromatic carbocycles. The maximum Gasteiger partial charge on any atom is 0.416 e. The number of hydrogen-bond acceptors (Lipinski definition) is 4. The predicted molar refractivity (Wildman–Crippen MR) is 139 cm³/mol. The number of carbonyl (C=O) groups excluding carboxylic acids is 2. The normalized spacial score (nSPS) is 11.5. The molecule has 196 valence electrons. The molecule has 1 N–H and O–H groups in total. The van der Waals surface area contributed by atoms with Crippen LogP contribution in [0.3, 0.4) is 0 Å². The summed E-state index contributed by atoms with van der Waals surface area (Å²) in [5.74, 6) is -0.742. The molecule has 9 heteroatoms. The standard InChI is InChI=1S/C29H26F3N3O3/c1-17(2)26-25(28(38-19(4)36)35(34-26)24-15-5-18(3)6-16-24)20-9-13-23(14-10-20)33-27(37)21-7-11-22(12-8-21)29(30,31)32/h5-17H,1-4H3,(H,33,37). The Morgan fingerprint density at radius 2 is 1.53 bits per heavy atom. The lowest BCUT2D eigenvalue weighted by Gasteiger charge is -2.11.